The Bertz CT molecular complexity index is 1010. The summed E-state index contributed by atoms with van der Waals surface area (Å²) in [6, 6.07) is 22.7. The second kappa shape index (κ2) is 9.32. The lowest BCUT2D eigenvalue weighted by Gasteiger charge is -2.10. The summed E-state index contributed by atoms with van der Waals surface area (Å²) in [5, 5.41) is 2.61. The lowest BCUT2D eigenvalue weighted by atomic mass is 10.00. The highest BCUT2D eigenvalue weighted by molar-refractivity contribution is 5.99. The van der Waals surface area contributed by atoms with Crippen molar-refractivity contribution in [3.8, 4) is 11.1 Å². The SMILES string of the molecule is COC(=O)c1ccc(NC(=O)COC(=O)c2ccccc2-c2ccccc2)cc1. The van der Waals surface area contributed by atoms with Crippen molar-refractivity contribution < 1.29 is 23.9 Å². The van der Waals surface area contributed by atoms with Gasteiger partial charge in [0.1, 0.15) is 0 Å². The van der Waals surface area contributed by atoms with Gasteiger partial charge in [0, 0.05) is 5.69 Å². The number of benzene rings is 3. The van der Waals surface area contributed by atoms with E-state index in [2.05, 4.69) is 10.1 Å². The Morgan fingerprint density at radius 2 is 1.45 bits per heavy atom. The molecule has 146 valence electrons. The second-order valence-corrected chi connectivity index (χ2v) is 6.10. The molecule has 6 nitrogen and oxygen atoms in total. The third-order valence-electron chi connectivity index (χ3n) is 4.16. The van der Waals surface area contributed by atoms with Crippen LogP contribution in [0.3, 0.4) is 0 Å². The lowest BCUT2D eigenvalue weighted by Crippen LogP contribution is -2.21. The summed E-state index contributed by atoms with van der Waals surface area (Å²) in [6.45, 7) is -0.430. The topological polar surface area (TPSA) is 81.7 Å². The smallest absolute Gasteiger partial charge is 0.339 e. The number of nitrogens with one attached hydrogen (secondary N) is 1. The summed E-state index contributed by atoms with van der Waals surface area (Å²) in [5.74, 6) is -1.53. The Morgan fingerprint density at radius 1 is 0.793 bits per heavy atom. The van der Waals surface area contributed by atoms with Crippen molar-refractivity contribution in [3.63, 3.8) is 0 Å². The van der Waals surface area contributed by atoms with Gasteiger partial charge in [-0.1, -0.05) is 48.5 Å². The Hall–Kier alpha value is -3.93. The molecular formula is C23H19NO5. The fourth-order valence-corrected chi connectivity index (χ4v) is 2.74. The lowest BCUT2D eigenvalue weighted by molar-refractivity contribution is -0.119. The predicted molar refractivity (Wildman–Crippen MR) is 109 cm³/mol. The predicted octanol–water partition coefficient (Wildman–Crippen LogP) is 3.94. The number of ether oxygens (including phenoxy) is 2. The molecule has 6 heteroatoms. The average molecular weight is 389 g/mol. The van der Waals surface area contributed by atoms with Gasteiger partial charge in [-0.05, 0) is 41.5 Å². The number of amides is 1. The van der Waals surface area contributed by atoms with E-state index in [4.69, 9.17) is 4.74 Å². The van der Waals surface area contributed by atoms with Crippen LogP contribution in [0.1, 0.15) is 20.7 Å². The zero-order valence-corrected chi connectivity index (χ0v) is 15.8. The summed E-state index contributed by atoms with van der Waals surface area (Å²) in [7, 11) is 1.29. The number of hydrogen-bond donors (Lipinski definition) is 1. The first-order valence-corrected chi connectivity index (χ1v) is 8.88. The molecular weight excluding hydrogens is 370 g/mol. The summed E-state index contributed by atoms with van der Waals surface area (Å²) in [4.78, 5) is 36.0. The number of esters is 2. The van der Waals surface area contributed by atoms with Gasteiger partial charge in [0.25, 0.3) is 5.91 Å². The van der Waals surface area contributed by atoms with E-state index in [0.29, 0.717) is 16.8 Å². The Kier molecular flexibility index (Phi) is 6.37. The number of methoxy groups -OCH3 is 1. The molecule has 1 amide bonds. The van der Waals surface area contributed by atoms with Gasteiger partial charge in [0.15, 0.2) is 6.61 Å². The fraction of sp³-hybridized carbons (Fsp3) is 0.0870. The summed E-state index contributed by atoms with van der Waals surface area (Å²) in [6.07, 6.45) is 0. The van der Waals surface area contributed by atoms with E-state index < -0.39 is 24.5 Å². The second-order valence-electron chi connectivity index (χ2n) is 6.10. The van der Waals surface area contributed by atoms with Gasteiger partial charge in [-0.3, -0.25) is 4.79 Å². The molecule has 3 aromatic rings. The summed E-state index contributed by atoms with van der Waals surface area (Å²) >= 11 is 0. The van der Waals surface area contributed by atoms with Gasteiger partial charge in [0.05, 0.1) is 18.2 Å². The Balaban J connectivity index is 1.61. The zero-order valence-electron chi connectivity index (χ0n) is 15.8. The van der Waals surface area contributed by atoms with Gasteiger partial charge in [-0.15, -0.1) is 0 Å². The van der Waals surface area contributed by atoms with Crippen molar-refractivity contribution >= 4 is 23.5 Å². The van der Waals surface area contributed by atoms with Crippen molar-refractivity contribution in [2.45, 2.75) is 0 Å². The molecule has 0 aliphatic heterocycles. The molecule has 29 heavy (non-hydrogen) atoms. The molecule has 0 aromatic heterocycles. The van der Waals surface area contributed by atoms with Crippen LogP contribution < -0.4 is 5.32 Å². The van der Waals surface area contributed by atoms with Crippen LogP contribution in [-0.2, 0) is 14.3 Å². The largest absolute Gasteiger partial charge is 0.465 e. The van der Waals surface area contributed by atoms with Gasteiger partial charge in [-0.25, -0.2) is 9.59 Å². The average Bonchev–Trinajstić information content (AvgIpc) is 2.78. The molecule has 0 fully saturated rings. The summed E-state index contributed by atoms with van der Waals surface area (Å²) < 4.78 is 9.80. The first-order valence-electron chi connectivity index (χ1n) is 8.88. The molecule has 0 bridgehead atoms. The fourth-order valence-electron chi connectivity index (χ4n) is 2.74. The number of anilines is 1. The van der Waals surface area contributed by atoms with Crippen LogP contribution in [0.25, 0.3) is 11.1 Å². The van der Waals surface area contributed by atoms with E-state index in [-0.39, 0.29) is 0 Å². The minimum absolute atomic E-state index is 0.370. The number of hydrogen-bond acceptors (Lipinski definition) is 5. The first-order chi connectivity index (χ1) is 14.1. The molecule has 3 rings (SSSR count). The number of carbonyl (C=O) groups is 3. The molecule has 0 aliphatic rings. The van der Waals surface area contributed by atoms with E-state index in [1.165, 1.54) is 19.2 Å². The molecule has 0 unspecified atom stereocenters. The Morgan fingerprint density at radius 3 is 2.14 bits per heavy atom. The van der Waals surface area contributed by atoms with Crippen molar-refractivity contribution in [2.24, 2.45) is 0 Å². The molecule has 0 saturated heterocycles. The quantitative estimate of drug-likeness (QED) is 0.646. The molecule has 0 spiro atoms. The maximum Gasteiger partial charge on any atom is 0.339 e. The van der Waals surface area contributed by atoms with Gasteiger partial charge < -0.3 is 14.8 Å². The molecule has 0 saturated carbocycles. The summed E-state index contributed by atoms with van der Waals surface area (Å²) in [5.41, 5.74) is 2.85. The van der Waals surface area contributed by atoms with Crippen molar-refractivity contribution in [1.29, 1.82) is 0 Å². The van der Waals surface area contributed by atoms with Gasteiger partial charge in [-0.2, -0.15) is 0 Å². The normalized spacial score (nSPS) is 10.1. The first kappa shape index (κ1) is 19.8. The van der Waals surface area contributed by atoms with Gasteiger partial charge >= 0.3 is 11.9 Å². The van der Waals surface area contributed by atoms with E-state index >= 15 is 0 Å². The number of carbonyl (C=O) groups excluding carboxylic acids is 3. The van der Waals surface area contributed by atoms with Gasteiger partial charge in [0.2, 0.25) is 0 Å². The molecule has 0 heterocycles. The van der Waals surface area contributed by atoms with Crippen molar-refractivity contribution in [3.05, 3.63) is 90.0 Å². The van der Waals surface area contributed by atoms with Crippen molar-refractivity contribution in [2.75, 3.05) is 19.0 Å². The number of rotatable bonds is 6. The standard InChI is InChI=1S/C23H19NO5/c1-28-22(26)17-11-13-18(14-12-17)24-21(25)15-29-23(27)20-10-6-5-9-19(20)16-7-3-2-4-8-16/h2-14H,15H2,1H3,(H,24,25). The zero-order chi connectivity index (χ0) is 20.6. The van der Waals surface area contributed by atoms with E-state index in [0.717, 1.165) is 11.1 Å². The maximum atomic E-state index is 12.5. The highest BCUT2D eigenvalue weighted by Crippen LogP contribution is 2.24. The Labute approximate surface area is 168 Å². The van der Waals surface area contributed by atoms with Crippen LogP contribution >= 0.6 is 0 Å². The highest BCUT2D eigenvalue weighted by Gasteiger charge is 2.15. The molecule has 0 aliphatic carbocycles. The van der Waals surface area contributed by atoms with Crippen molar-refractivity contribution in [1.82, 2.24) is 0 Å². The molecule has 3 aromatic carbocycles. The van der Waals surface area contributed by atoms with E-state index in [1.54, 1.807) is 24.3 Å². The molecule has 0 atom stereocenters. The highest BCUT2D eigenvalue weighted by atomic mass is 16.5. The van der Waals surface area contributed by atoms with E-state index in [9.17, 15) is 14.4 Å². The third kappa shape index (κ3) is 5.07. The molecule has 1 N–H and O–H groups in total. The van der Waals surface area contributed by atoms with Crippen LogP contribution in [0.4, 0.5) is 5.69 Å². The monoisotopic (exact) mass is 389 g/mol. The van der Waals surface area contributed by atoms with Crippen LogP contribution in [0.5, 0.6) is 0 Å². The maximum absolute atomic E-state index is 12.5. The molecule has 0 radical (unpaired) electrons. The minimum atomic E-state index is -0.583. The van der Waals surface area contributed by atoms with Crippen LogP contribution in [0.15, 0.2) is 78.9 Å². The van der Waals surface area contributed by atoms with E-state index in [1.807, 2.05) is 42.5 Å². The third-order valence-corrected chi connectivity index (χ3v) is 4.16. The van der Waals surface area contributed by atoms with Crippen LogP contribution in [0, 0.1) is 0 Å². The minimum Gasteiger partial charge on any atom is -0.465 e. The van der Waals surface area contributed by atoms with Crippen LogP contribution in [0.2, 0.25) is 0 Å². The van der Waals surface area contributed by atoms with Crippen LogP contribution in [-0.4, -0.2) is 31.6 Å².